The summed E-state index contributed by atoms with van der Waals surface area (Å²) in [6.45, 7) is 4.35. The molecule has 0 radical (unpaired) electrons. The number of hydrogen-bond donors (Lipinski definition) is 0. The van der Waals surface area contributed by atoms with Crippen LogP contribution in [0.3, 0.4) is 0 Å². The van der Waals surface area contributed by atoms with Gasteiger partial charge in [0.2, 0.25) is 0 Å². The van der Waals surface area contributed by atoms with Crippen LogP contribution in [0.1, 0.15) is 43.7 Å². The molecule has 1 saturated carbocycles. The molecule has 0 unspecified atom stereocenters. The van der Waals surface area contributed by atoms with Crippen molar-refractivity contribution in [1.82, 2.24) is 4.90 Å². The maximum Gasteiger partial charge on any atom is 0.309 e. The molecule has 0 amide bonds. The summed E-state index contributed by atoms with van der Waals surface area (Å²) in [5.41, 5.74) is 2.36. The Balaban J connectivity index is 2.04. The monoisotopic (exact) mass is 275 g/mol. The first kappa shape index (κ1) is 15.0. The average molecular weight is 275 g/mol. The Bertz CT molecular complexity index is 440. The molecule has 1 fully saturated rings. The number of ether oxygens (including phenoxy) is 1. The summed E-state index contributed by atoms with van der Waals surface area (Å²) in [6.07, 6.45) is 5.49. The molecule has 3 heteroatoms. The first-order chi connectivity index (χ1) is 9.74. The molecule has 1 aliphatic carbocycles. The van der Waals surface area contributed by atoms with Gasteiger partial charge in [-0.1, -0.05) is 37.6 Å². The number of methoxy groups -OCH3 is 1. The minimum Gasteiger partial charge on any atom is -0.469 e. The molecular weight excluding hydrogens is 250 g/mol. The minimum absolute atomic E-state index is 0.163. The van der Waals surface area contributed by atoms with Gasteiger partial charge >= 0.3 is 5.97 Å². The Morgan fingerprint density at radius 1 is 1.30 bits per heavy atom. The standard InChI is InChI=1S/C17H25NO2/c1-3-4-11-18(16-9-10-16)13-15-8-6-5-7-14(15)12-17(19)20-2/h5-8,16H,3-4,9-13H2,1-2H3. The SMILES string of the molecule is CCCCN(Cc1ccccc1CC(=O)OC)C1CC1. The van der Waals surface area contributed by atoms with Crippen LogP contribution >= 0.6 is 0 Å². The predicted octanol–water partition coefficient (Wildman–Crippen LogP) is 3.17. The van der Waals surface area contributed by atoms with Gasteiger partial charge in [-0.05, 0) is 36.9 Å². The van der Waals surface area contributed by atoms with Crippen LogP contribution in [0.5, 0.6) is 0 Å². The molecule has 0 heterocycles. The van der Waals surface area contributed by atoms with Crippen LogP contribution in [0, 0.1) is 0 Å². The molecule has 20 heavy (non-hydrogen) atoms. The second-order valence-corrected chi connectivity index (χ2v) is 5.58. The zero-order chi connectivity index (χ0) is 14.4. The number of unbranched alkanes of at least 4 members (excludes halogenated alkanes) is 1. The van der Waals surface area contributed by atoms with Crippen molar-refractivity contribution < 1.29 is 9.53 Å². The predicted molar refractivity (Wildman–Crippen MR) is 80.5 cm³/mol. The van der Waals surface area contributed by atoms with Crippen LogP contribution in [-0.4, -0.2) is 30.6 Å². The van der Waals surface area contributed by atoms with Crippen LogP contribution < -0.4 is 0 Å². The van der Waals surface area contributed by atoms with Crippen molar-refractivity contribution in [3.05, 3.63) is 35.4 Å². The van der Waals surface area contributed by atoms with Gasteiger partial charge in [0.25, 0.3) is 0 Å². The molecule has 2 rings (SSSR count). The van der Waals surface area contributed by atoms with Crippen molar-refractivity contribution in [2.24, 2.45) is 0 Å². The quantitative estimate of drug-likeness (QED) is 0.683. The molecule has 0 saturated heterocycles. The van der Waals surface area contributed by atoms with E-state index in [-0.39, 0.29) is 5.97 Å². The van der Waals surface area contributed by atoms with Crippen LogP contribution in [-0.2, 0) is 22.5 Å². The highest BCUT2D eigenvalue weighted by Crippen LogP contribution is 2.29. The maximum atomic E-state index is 11.5. The summed E-state index contributed by atoms with van der Waals surface area (Å²) >= 11 is 0. The van der Waals surface area contributed by atoms with E-state index in [1.54, 1.807) is 0 Å². The van der Waals surface area contributed by atoms with E-state index in [1.807, 2.05) is 12.1 Å². The van der Waals surface area contributed by atoms with Crippen molar-refractivity contribution in [3.63, 3.8) is 0 Å². The van der Waals surface area contributed by atoms with Gasteiger partial charge in [0.05, 0.1) is 13.5 Å². The van der Waals surface area contributed by atoms with Crippen LogP contribution in [0.2, 0.25) is 0 Å². The van der Waals surface area contributed by atoms with Crippen molar-refractivity contribution in [2.45, 2.75) is 51.6 Å². The van der Waals surface area contributed by atoms with Gasteiger partial charge in [0, 0.05) is 12.6 Å². The highest BCUT2D eigenvalue weighted by molar-refractivity contribution is 5.72. The molecule has 110 valence electrons. The fourth-order valence-electron chi connectivity index (χ4n) is 2.52. The lowest BCUT2D eigenvalue weighted by atomic mass is 10.0. The lowest BCUT2D eigenvalue weighted by Gasteiger charge is -2.23. The molecule has 1 aromatic rings. The number of hydrogen-bond acceptors (Lipinski definition) is 3. The van der Waals surface area contributed by atoms with E-state index in [4.69, 9.17) is 4.74 Å². The number of esters is 1. The summed E-state index contributed by atoms with van der Waals surface area (Å²) < 4.78 is 4.79. The van der Waals surface area contributed by atoms with Crippen LogP contribution in [0.25, 0.3) is 0 Å². The maximum absolute atomic E-state index is 11.5. The van der Waals surface area contributed by atoms with Gasteiger partial charge in [0.15, 0.2) is 0 Å². The van der Waals surface area contributed by atoms with Gasteiger partial charge in [-0.2, -0.15) is 0 Å². The van der Waals surface area contributed by atoms with E-state index < -0.39 is 0 Å². The second kappa shape index (κ2) is 7.44. The molecule has 0 N–H and O–H groups in total. The molecule has 0 aromatic heterocycles. The summed E-state index contributed by atoms with van der Waals surface area (Å²) in [6, 6.07) is 8.99. The first-order valence-electron chi connectivity index (χ1n) is 7.62. The van der Waals surface area contributed by atoms with Crippen molar-refractivity contribution in [3.8, 4) is 0 Å². The van der Waals surface area contributed by atoms with Gasteiger partial charge < -0.3 is 4.74 Å². The number of nitrogens with zero attached hydrogens (tertiary/aromatic N) is 1. The van der Waals surface area contributed by atoms with E-state index in [9.17, 15) is 4.79 Å². The number of carbonyl (C=O) groups excluding carboxylic acids is 1. The third-order valence-corrected chi connectivity index (χ3v) is 3.92. The summed E-state index contributed by atoms with van der Waals surface area (Å²) in [5, 5.41) is 0. The van der Waals surface area contributed by atoms with E-state index in [1.165, 1.54) is 38.4 Å². The normalized spacial score (nSPS) is 14.6. The molecule has 0 atom stereocenters. The molecule has 0 spiro atoms. The highest BCUT2D eigenvalue weighted by Gasteiger charge is 2.28. The smallest absolute Gasteiger partial charge is 0.309 e. The Hall–Kier alpha value is -1.35. The zero-order valence-corrected chi connectivity index (χ0v) is 12.6. The van der Waals surface area contributed by atoms with Crippen molar-refractivity contribution in [2.75, 3.05) is 13.7 Å². The van der Waals surface area contributed by atoms with Crippen LogP contribution in [0.15, 0.2) is 24.3 Å². The van der Waals surface area contributed by atoms with E-state index in [0.717, 1.165) is 24.7 Å². The van der Waals surface area contributed by atoms with E-state index >= 15 is 0 Å². The van der Waals surface area contributed by atoms with Gasteiger partial charge in [-0.15, -0.1) is 0 Å². The lowest BCUT2D eigenvalue weighted by Crippen LogP contribution is -2.27. The Morgan fingerprint density at radius 3 is 2.60 bits per heavy atom. The second-order valence-electron chi connectivity index (χ2n) is 5.58. The number of rotatable bonds is 8. The fourth-order valence-corrected chi connectivity index (χ4v) is 2.52. The van der Waals surface area contributed by atoms with Crippen molar-refractivity contribution >= 4 is 5.97 Å². The average Bonchev–Trinajstić information content (AvgIpc) is 3.29. The topological polar surface area (TPSA) is 29.5 Å². The third-order valence-electron chi connectivity index (χ3n) is 3.92. The Labute approximate surface area is 121 Å². The zero-order valence-electron chi connectivity index (χ0n) is 12.6. The Kier molecular flexibility index (Phi) is 5.60. The largest absolute Gasteiger partial charge is 0.469 e. The summed E-state index contributed by atoms with van der Waals surface area (Å²) in [5.74, 6) is -0.163. The molecule has 1 aromatic carbocycles. The molecule has 0 bridgehead atoms. The molecular formula is C17H25NO2. The van der Waals surface area contributed by atoms with Crippen molar-refractivity contribution in [1.29, 1.82) is 0 Å². The minimum atomic E-state index is -0.163. The van der Waals surface area contributed by atoms with E-state index in [2.05, 4.69) is 24.0 Å². The van der Waals surface area contributed by atoms with Gasteiger partial charge in [-0.3, -0.25) is 9.69 Å². The molecule has 3 nitrogen and oxygen atoms in total. The highest BCUT2D eigenvalue weighted by atomic mass is 16.5. The van der Waals surface area contributed by atoms with E-state index in [0.29, 0.717) is 6.42 Å². The molecule has 1 aliphatic rings. The lowest BCUT2D eigenvalue weighted by molar-refractivity contribution is -0.139. The number of carbonyl (C=O) groups is 1. The number of benzene rings is 1. The fraction of sp³-hybridized carbons (Fsp3) is 0.588. The molecule has 0 aliphatic heterocycles. The van der Waals surface area contributed by atoms with Crippen LogP contribution in [0.4, 0.5) is 0 Å². The Morgan fingerprint density at radius 2 is 2.00 bits per heavy atom. The van der Waals surface area contributed by atoms with Gasteiger partial charge in [0.1, 0.15) is 0 Å². The summed E-state index contributed by atoms with van der Waals surface area (Å²) in [7, 11) is 1.45. The first-order valence-corrected chi connectivity index (χ1v) is 7.62. The van der Waals surface area contributed by atoms with Gasteiger partial charge in [-0.25, -0.2) is 0 Å². The third kappa shape index (κ3) is 4.34. The summed E-state index contributed by atoms with van der Waals surface area (Å²) in [4.78, 5) is 14.1.